The normalized spacial score (nSPS) is 26.0. The lowest BCUT2D eigenvalue weighted by molar-refractivity contribution is 0.0116. The Labute approximate surface area is 111 Å². The Kier molecular flexibility index (Phi) is 4.41. The van der Waals surface area contributed by atoms with Crippen molar-refractivity contribution in [3.63, 3.8) is 0 Å². The highest BCUT2D eigenvalue weighted by Crippen LogP contribution is 2.20. The van der Waals surface area contributed by atoms with Crippen LogP contribution in [0, 0.1) is 13.8 Å². The lowest BCUT2D eigenvalue weighted by Crippen LogP contribution is -2.39. The number of nitrogens with one attached hydrogen (secondary N) is 1. The Morgan fingerprint density at radius 2 is 1.89 bits per heavy atom. The van der Waals surface area contributed by atoms with E-state index in [0.717, 1.165) is 19.4 Å². The lowest BCUT2D eigenvalue weighted by Gasteiger charge is -2.30. The maximum absolute atomic E-state index is 5.59. The number of ether oxygens (including phenoxy) is 1. The Morgan fingerprint density at radius 3 is 2.50 bits per heavy atom. The van der Waals surface area contributed by atoms with Gasteiger partial charge in [-0.2, -0.15) is 0 Å². The Morgan fingerprint density at radius 1 is 1.22 bits per heavy atom. The predicted molar refractivity (Wildman–Crippen MR) is 75.9 cm³/mol. The number of rotatable bonds is 3. The zero-order valence-electron chi connectivity index (χ0n) is 12.0. The second kappa shape index (κ2) is 5.85. The van der Waals surface area contributed by atoms with Gasteiger partial charge >= 0.3 is 0 Å². The largest absolute Gasteiger partial charge is 0.378 e. The molecule has 1 aromatic carbocycles. The van der Waals surface area contributed by atoms with E-state index in [1.807, 2.05) is 0 Å². The maximum atomic E-state index is 5.59. The van der Waals surface area contributed by atoms with Gasteiger partial charge in [0, 0.05) is 18.7 Å². The van der Waals surface area contributed by atoms with Gasteiger partial charge < -0.3 is 10.1 Å². The molecule has 0 bridgehead atoms. The zero-order valence-corrected chi connectivity index (χ0v) is 12.0. The molecule has 1 saturated heterocycles. The molecule has 0 amide bonds. The lowest BCUT2D eigenvalue weighted by atomic mass is 9.99. The monoisotopic (exact) mass is 247 g/mol. The highest BCUT2D eigenvalue weighted by atomic mass is 16.5. The van der Waals surface area contributed by atoms with Gasteiger partial charge in [-0.25, -0.2) is 0 Å². The molecule has 2 heteroatoms. The molecule has 1 N–H and O–H groups in total. The summed E-state index contributed by atoms with van der Waals surface area (Å²) in [6.45, 7) is 9.64. The molecule has 100 valence electrons. The predicted octanol–water partition coefficient (Wildman–Crippen LogP) is 3.52. The van der Waals surface area contributed by atoms with Crippen LogP contribution in [0.4, 0.5) is 0 Å². The van der Waals surface area contributed by atoms with E-state index < -0.39 is 0 Å². The summed E-state index contributed by atoms with van der Waals surface area (Å²) in [6.07, 6.45) is 2.64. The van der Waals surface area contributed by atoms with Crippen LogP contribution in [0.1, 0.15) is 49.4 Å². The van der Waals surface area contributed by atoms with Crippen molar-refractivity contribution in [3.8, 4) is 0 Å². The van der Waals surface area contributed by atoms with Crippen molar-refractivity contribution >= 4 is 0 Å². The number of benzene rings is 1. The maximum Gasteiger partial charge on any atom is 0.0561 e. The first-order chi connectivity index (χ1) is 8.54. The second-order valence-corrected chi connectivity index (χ2v) is 5.71. The van der Waals surface area contributed by atoms with Crippen molar-refractivity contribution in [2.75, 3.05) is 6.61 Å². The first-order valence-electron chi connectivity index (χ1n) is 7.00. The van der Waals surface area contributed by atoms with E-state index in [1.165, 1.54) is 16.7 Å². The molecule has 0 aliphatic carbocycles. The molecule has 0 saturated carbocycles. The third-order valence-corrected chi connectivity index (χ3v) is 3.71. The van der Waals surface area contributed by atoms with Crippen LogP contribution < -0.4 is 5.32 Å². The Balaban J connectivity index is 2.00. The molecule has 1 heterocycles. The fourth-order valence-electron chi connectivity index (χ4n) is 2.86. The van der Waals surface area contributed by atoms with Crippen molar-refractivity contribution in [2.24, 2.45) is 0 Å². The van der Waals surface area contributed by atoms with E-state index in [2.05, 4.69) is 51.2 Å². The minimum absolute atomic E-state index is 0.391. The summed E-state index contributed by atoms with van der Waals surface area (Å²) in [4.78, 5) is 0. The summed E-state index contributed by atoms with van der Waals surface area (Å²) in [5.74, 6) is 0. The van der Waals surface area contributed by atoms with Gasteiger partial charge in [-0.1, -0.05) is 29.3 Å². The molecule has 3 atom stereocenters. The van der Waals surface area contributed by atoms with Gasteiger partial charge in [0.25, 0.3) is 0 Å². The van der Waals surface area contributed by atoms with E-state index >= 15 is 0 Å². The van der Waals surface area contributed by atoms with Crippen LogP contribution in [-0.4, -0.2) is 18.8 Å². The SMILES string of the molecule is Cc1cc(C)cc(C(C)NC2CCOC(C)C2)c1. The summed E-state index contributed by atoms with van der Waals surface area (Å²) >= 11 is 0. The van der Waals surface area contributed by atoms with Crippen molar-refractivity contribution in [1.82, 2.24) is 5.32 Å². The molecule has 1 aliphatic rings. The standard InChI is InChI=1S/C16H25NO/c1-11-7-12(2)9-15(8-11)14(4)17-16-5-6-18-13(3)10-16/h7-9,13-14,16-17H,5-6,10H2,1-4H3. The van der Waals surface area contributed by atoms with Crippen LogP contribution in [0.3, 0.4) is 0 Å². The van der Waals surface area contributed by atoms with Crippen LogP contribution in [0.15, 0.2) is 18.2 Å². The molecule has 1 aliphatic heterocycles. The van der Waals surface area contributed by atoms with E-state index in [4.69, 9.17) is 4.74 Å². The Bertz CT molecular complexity index is 382. The van der Waals surface area contributed by atoms with Gasteiger partial charge in [0.05, 0.1) is 6.10 Å². The molecular weight excluding hydrogens is 222 g/mol. The molecule has 2 nitrogen and oxygen atoms in total. The van der Waals surface area contributed by atoms with E-state index in [-0.39, 0.29) is 0 Å². The van der Waals surface area contributed by atoms with Crippen LogP contribution in [0.25, 0.3) is 0 Å². The van der Waals surface area contributed by atoms with Crippen molar-refractivity contribution < 1.29 is 4.74 Å². The van der Waals surface area contributed by atoms with Crippen LogP contribution in [0.5, 0.6) is 0 Å². The topological polar surface area (TPSA) is 21.3 Å². The summed E-state index contributed by atoms with van der Waals surface area (Å²) in [5.41, 5.74) is 4.09. The molecule has 1 fully saturated rings. The highest BCUT2D eigenvalue weighted by molar-refractivity contribution is 5.30. The average molecular weight is 247 g/mol. The van der Waals surface area contributed by atoms with Gasteiger partial charge in [-0.15, -0.1) is 0 Å². The molecule has 1 aromatic rings. The van der Waals surface area contributed by atoms with Crippen LogP contribution >= 0.6 is 0 Å². The fourth-order valence-corrected chi connectivity index (χ4v) is 2.86. The second-order valence-electron chi connectivity index (χ2n) is 5.71. The van der Waals surface area contributed by atoms with Crippen molar-refractivity contribution in [2.45, 2.75) is 58.7 Å². The smallest absolute Gasteiger partial charge is 0.0561 e. The van der Waals surface area contributed by atoms with E-state index in [1.54, 1.807) is 0 Å². The highest BCUT2D eigenvalue weighted by Gasteiger charge is 2.21. The van der Waals surface area contributed by atoms with Gasteiger partial charge in [0.2, 0.25) is 0 Å². The number of hydrogen-bond donors (Lipinski definition) is 1. The first kappa shape index (κ1) is 13.6. The quantitative estimate of drug-likeness (QED) is 0.882. The average Bonchev–Trinajstić information content (AvgIpc) is 2.27. The summed E-state index contributed by atoms with van der Waals surface area (Å²) in [6, 6.07) is 7.80. The van der Waals surface area contributed by atoms with E-state index in [9.17, 15) is 0 Å². The molecule has 0 spiro atoms. The molecule has 2 rings (SSSR count). The molecule has 0 aromatic heterocycles. The van der Waals surface area contributed by atoms with Gasteiger partial charge in [-0.3, -0.25) is 0 Å². The van der Waals surface area contributed by atoms with Crippen molar-refractivity contribution in [1.29, 1.82) is 0 Å². The third-order valence-electron chi connectivity index (χ3n) is 3.71. The van der Waals surface area contributed by atoms with E-state index in [0.29, 0.717) is 18.2 Å². The van der Waals surface area contributed by atoms with Gasteiger partial charge in [0.1, 0.15) is 0 Å². The number of hydrogen-bond acceptors (Lipinski definition) is 2. The zero-order chi connectivity index (χ0) is 13.1. The van der Waals surface area contributed by atoms with Gasteiger partial charge in [0.15, 0.2) is 0 Å². The van der Waals surface area contributed by atoms with Crippen molar-refractivity contribution in [3.05, 3.63) is 34.9 Å². The molecular formula is C16H25NO. The Hall–Kier alpha value is -0.860. The summed E-state index contributed by atoms with van der Waals surface area (Å²) < 4.78 is 5.59. The molecule has 18 heavy (non-hydrogen) atoms. The number of aryl methyl sites for hydroxylation is 2. The third kappa shape index (κ3) is 3.56. The van der Waals surface area contributed by atoms with Crippen LogP contribution in [0.2, 0.25) is 0 Å². The van der Waals surface area contributed by atoms with Crippen LogP contribution in [-0.2, 0) is 4.74 Å². The summed E-state index contributed by atoms with van der Waals surface area (Å²) in [7, 11) is 0. The van der Waals surface area contributed by atoms with Gasteiger partial charge in [-0.05, 0) is 46.1 Å². The molecule has 0 radical (unpaired) electrons. The fraction of sp³-hybridized carbons (Fsp3) is 0.625. The minimum atomic E-state index is 0.391. The minimum Gasteiger partial charge on any atom is -0.378 e. The summed E-state index contributed by atoms with van der Waals surface area (Å²) in [5, 5.41) is 3.74. The molecule has 3 unspecified atom stereocenters. The first-order valence-corrected chi connectivity index (χ1v) is 7.00.